The summed E-state index contributed by atoms with van der Waals surface area (Å²) in [6, 6.07) is 0.540. The first-order chi connectivity index (χ1) is 8.14. The van der Waals surface area contributed by atoms with Crippen LogP contribution < -0.4 is 5.32 Å². The van der Waals surface area contributed by atoms with Crippen LogP contribution in [0.3, 0.4) is 0 Å². The van der Waals surface area contributed by atoms with Crippen molar-refractivity contribution in [1.29, 1.82) is 0 Å². The minimum absolute atomic E-state index is 0.243. The molecule has 1 fully saturated rings. The van der Waals surface area contributed by atoms with Gasteiger partial charge in [0.1, 0.15) is 0 Å². The molecule has 102 valence electrons. The summed E-state index contributed by atoms with van der Waals surface area (Å²) in [4.78, 5) is 0. The SMILES string of the molecule is COCCCS(=O)(=O)CCNC1CCCCC1. The molecule has 0 aromatic carbocycles. The Morgan fingerprint density at radius 2 is 1.88 bits per heavy atom. The maximum absolute atomic E-state index is 11.7. The predicted octanol–water partition coefficient (Wildman–Crippen LogP) is 1.36. The van der Waals surface area contributed by atoms with E-state index in [1.165, 1.54) is 32.1 Å². The second-order valence-electron chi connectivity index (χ2n) is 4.79. The first-order valence-corrected chi connectivity index (χ1v) is 8.39. The summed E-state index contributed by atoms with van der Waals surface area (Å²) in [5.41, 5.74) is 0. The van der Waals surface area contributed by atoms with Gasteiger partial charge in [-0.1, -0.05) is 19.3 Å². The normalized spacial score (nSPS) is 18.4. The second-order valence-corrected chi connectivity index (χ2v) is 7.09. The molecule has 5 heteroatoms. The van der Waals surface area contributed by atoms with Gasteiger partial charge in [0.2, 0.25) is 0 Å². The molecular formula is C12H25NO3S. The lowest BCUT2D eigenvalue weighted by molar-refractivity contribution is 0.199. The van der Waals surface area contributed by atoms with Gasteiger partial charge in [-0.25, -0.2) is 8.42 Å². The van der Waals surface area contributed by atoms with Crippen LogP contribution in [0.5, 0.6) is 0 Å². The van der Waals surface area contributed by atoms with Gasteiger partial charge in [-0.15, -0.1) is 0 Å². The van der Waals surface area contributed by atoms with Gasteiger partial charge in [-0.2, -0.15) is 0 Å². The van der Waals surface area contributed by atoms with E-state index in [0.29, 0.717) is 25.6 Å². The van der Waals surface area contributed by atoms with Crippen LogP contribution in [0.25, 0.3) is 0 Å². The van der Waals surface area contributed by atoms with Crippen molar-refractivity contribution in [3.8, 4) is 0 Å². The number of methoxy groups -OCH3 is 1. The van der Waals surface area contributed by atoms with Crippen LogP contribution in [0.4, 0.5) is 0 Å². The number of ether oxygens (including phenoxy) is 1. The summed E-state index contributed by atoms with van der Waals surface area (Å²) >= 11 is 0. The molecule has 0 radical (unpaired) electrons. The summed E-state index contributed by atoms with van der Waals surface area (Å²) in [6.45, 7) is 1.12. The number of nitrogens with one attached hydrogen (secondary N) is 1. The molecule has 0 aromatic heterocycles. The fraction of sp³-hybridized carbons (Fsp3) is 1.00. The molecule has 0 aromatic rings. The predicted molar refractivity (Wildman–Crippen MR) is 70.0 cm³/mol. The monoisotopic (exact) mass is 263 g/mol. The minimum atomic E-state index is -2.90. The zero-order chi connectivity index (χ0) is 12.6. The molecule has 0 aliphatic heterocycles. The van der Waals surface area contributed by atoms with E-state index < -0.39 is 9.84 Å². The van der Waals surface area contributed by atoms with Gasteiger partial charge in [0.15, 0.2) is 9.84 Å². The van der Waals surface area contributed by atoms with E-state index in [4.69, 9.17) is 4.74 Å². The van der Waals surface area contributed by atoms with Crippen molar-refractivity contribution in [1.82, 2.24) is 5.32 Å². The molecule has 1 aliphatic rings. The van der Waals surface area contributed by atoms with Crippen molar-refractivity contribution >= 4 is 9.84 Å². The Hall–Kier alpha value is -0.130. The first-order valence-electron chi connectivity index (χ1n) is 6.57. The molecule has 0 unspecified atom stereocenters. The van der Waals surface area contributed by atoms with Gasteiger partial charge in [0.05, 0.1) is 11.5 Å². The first kappa shape index (κ1) is 14.9. The fourth-order valence-corrected chi connectivity index (χ4v) is 3.44. The van der Waals surface area contributed by atoms with Gasteiger partial charge >= 0.3 is 0 Å². The molecule has 0 bridgehead atoms. The standard InChI is InChI=1S/C12H25NO3S/c1-16-9-5-10-17(14,15)11-8-13-12-6-3-2-4-7-12/h12-13H,2-11H2,1H3. The fourth-order valence-electron chi connectivity index (χ4n) is 2.25. The zero-order valence-corrected chi connectivity index (χ0v) is 11.6. The van der Waals surface area contributed by atoms with Gasteiger partial charge in [-0.05, 0) is 19.3 Å². The highest BCUT2D eigenvalue weighted by Gasteiger charge is 2.14. The van der Waals surface area contributed by atoms with Crippen molar-refractivity contribution in [3.63, 3.8) is 0 Å². The molecule has 0 spiro atoms. The van der Waals surface area contributed by atoms with E-state index in [1.54, 1.807) is 7.11 Å². The quantitative estimate of drug-likeness (QED) is 0.672. The number of hydrogen-bond donors (Lipinski definition) is 1. The van der Waals surface area contributed by atoms with Crippen molar-refractivity contribution in [2.75, 3.05) is 31.8 Å². The summed E-state index contributed by atoms with van der Waals surface area (Å²) in [7, 11) is -1.30. The Morgan fingerprint density at radius 1 is 1.18 bits per heavy atom. The van der Waals surface area contributed by atoms with Crippen molar-refractivity contribution < 1.29 is 13.2 Å². The average molecular weight is 263 g/mol. The highest BCUT2D eigenvalue weighted by atomic mass is 32.2. The molecule has 1 rings (SSSR count). The number of hydrogen-bond acceptors (Lipinski definition) is 4. The summed E-state index contributed by atoms with van der Waals surface area (Å²) in [5, 5.41) is 3.36. The van der Waals surface area contributed by atoms with Crippen molar-refractivity contribution in [2.24, 2.45) is 0 Å². The molecule has 1 saturated carbocycles. The van der Waals surface area contributed by atoms with Gasteiger partial charge in [0.25, 0.3) is 0 Å². The molecule has 0 saturated heterocycles. The zero-order valence-electron chi connectivity index (χ0n) is 10.8. The lowest BCUT2D eigenvalue weighted by Gasteiger charge is -2.22. The Bertz CT molecular complexity index is 284. The molecule has 1 N–H and O–H groups in total. The topological polar surface area (TPSA) is 55.4 Å². The Balaban J connectivity index is 2.11. The van der Waals surface area contributed by atoms with Gasteiger partial charge in [-0.3, -0.25) is 0 Å². The van der Waals surface area contributed by atoms with E-state index in [2.05, 4.69) is 5.32 Å². The molecular weight excluding hydrogens is 238 g/mol. The van der Waals surface area contributed by atoms with E-state index >= 15 is 0 Å². The lowest BCUT2D eigenvalue weighted by Crippen LogP contribution is -2.35. The smallest absolute Gasteiger partial charge is 0.151 e. The lowest BCUT2D eigenvalue weighted by atomic mass is 9.96. The Kier molecular flexibility index (Phi) is 7.08. The van der Waals surface area contributed by atoms with E-state index in [-0.39, 0.29) is 11.5 Å². The van der Waals surface area contributed by atoms with Gasteiger partial charge in [0, 0.05) is 26.3 Å². The van der Waals surface area contributed by atoms with Crippen LogP contribution in [-0.4, -0.2) is 46.2 Å². The van der Waals surface area contributed by atoms with Crippen LogP contribution in [0.15, 0.2) is 0 Å². The summed E-state index contributed by atoms with van der Waals surface area (Å²) in [5.74, 6) is 0.500. The third kappa shape index (κ3) is 7.01. The largest absolute Gasteiger partial charge is 0.385 e. The molecule has 17 heavy (non-hydrogen) atoms. The van der Waals surface area contributed by atoms with Crippen LogP contribution in [0.1, 0.15) is 38.5 Å². The molecule has 0 amide bonds. The molecule has 0 heterocycles. The van der Waals surface area contributed by atoms with Crippen LogP contribution in [-0.2, 0) is 14.6 Å². The van der Waals surface area contributed by atoms with Crippen LogP contribution >= 0.6 is 0 Å². The second kappa shape index (κ2) is 8.06. The molecule has 1 aliphatic carbocycles. The Morgan fingerprint density at radius 3 is 2.53 bits per heavy atom. The molecule has 0 atom stereocenters. The maximum Gasteiger partial charge on any atom is 0.151 e. The highest BCUT2D eigenvalue weighted by Crippen LogP contribution is 2.17. The van der Waals surface area contributed by atoms with Gasteiger partial charge < -0.3 is 10.1 Å². The highest BCUT2D eigenvalue weighted by molar-refractivity contribution is 7.91. The third-order valence-electron chi connectivity index (χ3n) is 3.26. The van der Waals surface area contributed by atoms with E-state index in [9.17, 15) is 8.42 Å². The van der Waals surface area contributed by atoms with E-state index in [1.807, 2.05) is 0 Å². The average Bonchev–Trinajstić information content (AvgIpc) is 2.30. The Labute approximate surface area is 105 Å². The summed E-state index contributed by atoms with van der Waals surface area (Å²) < 4.78 is 28.2. The third-order valence-corrected chi connectivity index (χ3v) is 4.99. The summed E-state index contributed by atoms with van der Waals surface area (Å²) in [6.07, 6.45) is 6.87. The van der Waals surface area contributed by atoms with Crippen LogP contribution in [0, 0.1) is 0 Å². The number of rotatable bonds is 8. The van der Waals surface area contributed by atoms with E-state index in [0.717, 1.165) is 0 Å². The van der Waals surface area contributed by atoms with Crippen molar-refractivity contribution in [3.05, 3.63) is 0 Å². The molecule has 4 nitrogen and oxygen atoms in total. The van der Waals surface area contributed by atoms with Crippen LogP contribution in [0.2, 0.25) is 0 Å². The minimum Gasteiger partial charge on any atom is -0.385 e. The number of sulfone groups is 1. The van der Waals surface area contributed by atoms with Crippen molar-refractivity contribution in [2.45, 2.75) is 44.6 Å². The maximum atomic E-state index is 11.7.